The Bertz CT molecular complexity index is 620. The van der Waals surface area contributed by atoms with Gasteiger partial charge in [0.1, 0.15) is 0 Å². The van der Waals surface area contributed by atoms with Gasteiger partial charge in [0.15, 0.2) is 0 Å². The van der Waals surface area contributed by atoms with Crippen LogP contribution in [0.2, 0.25) is 0 Å². The standard InChI is InChI=1S/C18H19NOS/c1-19(2)17(20)11-12-21-18-15-9-5-3-7-13(15)14-8-4-6-10-16(14)18/h3-10,18H,11-12H2,1-2H3. The molecule has 0 N–H and O–H groups in total. The summed E-state index contributed by atoms with van der Waals surface area (Å²) in [4.78, 5) is 13.4. The molecule has 0 unspecified atom stereocenters. The summed E-state index contributed by atoms with van der Waals surface area (Å²) in [6.45, 7) is 0. The van der Waals surface area contributed by atoms with Crippen LogP contribution >= 0.6 is 11.8 Å². The number of fused-ring (bicyclic) bond motifs is 3. The normalized spacial score (nSPS) is 12.9. The van der Waals surface area contributed by atoms with Crippen molar-refractivity contribution in [1.29, 1.82) is 0 Å². The highest BCUT2D eigenvalue weighted by molar-refractivity contribution is 7.99. The van der Waals surface area contributed by atoms with Gasteiger partial charge in [-0.3, -0.25) is 4.79 Å². The van der Waals surface area contributed by atoms with Crippen LogP contribution in [0.1, 0.15) is 22.8 Å². The molecule has 0 fully saturated rings. The predicted octanol–water partition coefficient (Wildman–Crippen LogP) is 3.97. The van der Waals surface area contributed by atoms with Gasteiger partial charge >= 0.3 is 0 Å². The minimum Gasteiger partial charge on any atom is -0.349 e. The number of carbonyl (C=O) groups is 1. The molecule has 0 atom stereocenters. The first-order chi connectivity index (χ1) is 10.2. The lowest BCUT2D eigenvalue weighted by molar-refractivity contribution is -0.128. The molecule has 1 aliphatic rings. The van der Waals surface area contributed by atoms with Gasteiger partial charge in [0.05, 0.1) is 5.25 Å². The van der Waals surface area contributed by atoms with Gasteiger partial charge in [-0.25, -0.2) is 0 Å². The molecule has 2 aromatic carbocycles. The fourth-order valence-electron chi connectivity index (χ4n) is 2.78. The lowest BCUT2D eigenvalue weighted by Crippen LogP contribution is -2.21. The van der Waals surface area contributed by atoms with E-state index in [0.29, 0.717) is 11.7 Å². The third-order valence-corrected chi connectivity index (χ3v) is 5.16. The minimum absolute atomic E-state index is 0.196. The summed E-state index contributed by atoms with van der Waals surface area (Å²) in [6.07, 6.45) is 0.596. The minimum atomic E-state index is 0.196. The summed E-state index contributed by atoms with van der Waals surface area (Å²) >= 11 is 1.87. The molecular formula is C18H19NOS. The first-order valence-electron chi connectivity index (χ1n) is 7.18. The number of carbonyl (C=O) groups excluding carboxylic acids is 1. The maximum atomic E-state index is 11.7. The van der Waals surface area contributed by atoms with Crippen LogP contribution in [-0.2, 0) is 4.79 Å². The van der Waals surface area contributed by atoms with E-state index >= 15 is 0 Å². The Hall–Kier alpha value is -1.74. The van der Waals surface area contributed by atoms with Crippen molar-refractivity contribution in [3.05, 3.63) is 59.7 Å². The molecule has 0 aromatic heterocycles. The molecule has 21 heavy (non-hydrogen) atoms. The van der Waals surface area contributed by atoms with E-state index in [2.05, 4.69) is 48.5 Å². The molecule has 0 saturated carbocycles. The van der Waals surface area contributed by atoms with Crippen molar-refractivity contribution in [2.45, 2.75) is 11.7 Å². The van der Waals surface area contributed by atoms with Crippen LogP contribution in [0, 0.1) is 0 Å². The smallest absolute Gasteiger partial charge is 0.222 e. The van der Waals surface area contributed by atoms with Crippen LogP contribution in [0.25, 0.3) is 11.1 Å². The monoisotopic (exact) mass is 297 g/mol. The highest BCUT2D eigenvalue weighted by atomic mass is 32.2. The van der Waals surface area contributed by atoms with Crippen molar-refractivity contribution >= 4 is 17.7 Å². The lowest BCUT2D eigenvalue weighted by atomic mass is 10.1. The van der Waals surface area contributed by atoms with E-state index in [0.717, 1.165) is 5.75 Å². The van der Waals surface area contributed by atoms with E-state index in [-0.39, 0.29) is 5.91 Å². The maximum Gasteiger partial charge on any atom is 0.222 e. The molecule has 0 spiro atoms. The Morgan fingerprint density at radius 3 is 2.05 bits per heavy atom. The fourth-order valence-corrected chi connectivity index (χ4v) is 4.07. The second-order valence-electron chi connectivity index (χ2n) is 5.46. The quantitative estimate of drug-likeness (QED) is 0.851. The Balaban J connectivity index is 1.81. The first kappa shape index (κ1) is 14.2. The molecule has 0 aliphatic heterocycles. The summed E-state index contributed by atoms with van der Waals surface area (Å²) in [5, 5.41) is 0.354. The Morgan fingerprint density at radius 2 is 1.52 bits per heavy atom. The zero-order valence-corrected chi connectivity index (χ0v) is 13.2. The van der Waals surface area contributed by atoms with Crippen LogP contribution < -0.4 is 0 Å². The van der Waals surface area contributed by atoms with Gasteiger partial charge < -0.3 is 4.90 Å². The van der Waals surface area contributed by atoms with Crippen molar-refractivity contribution in [1.82, 2.24) is 4.90 Å². The van der Waals surface area contributed by atoms with Crippen LogP contribution in [0.5, 0.6) is 0 Å². The molecule has 2 nitrogen and oxygen atoms in total. The summed E-state index contributed by atoms with van der Waals surface area (Å²) in [7, 11) is 3.63. The van der Waals surface area contributed by atoms with Crippen LogP contribution in [-0.4, -0.2) is 30.7 Å². The number of rotatable bonds is 4. The molecule has 0 bridgehead atoms. The van der Waals surface area contributed by atoms with Gasteiger partial charge in [0, 0.05) is 26.3 Å². The van der Waals surface area contributed by atoms with Gasteiger partial charge in [-0.1, -0.05) is 48.5 Å². The molecule has 1 aliphatic carbocycles. The molecule has 3 heteroatoms. The number of nitrogens with zero attached hydrogens (tertiary/aromatic N) is 1. The van der Waals surface area contributed by atoms with E-state index in [1.807, 2.05) is 25.9 Å². The molecule has 3 rings (SSSR count). The van der Waals surface area contributed by atoms with Crippen molar-refractivity contribution in [3.63, 3.8) is 0 Å². The van der Waals surface area contributed by atoms with Crippen LogP contribution in [0.4, 0.5) is 0 Å². The van der Waals surface area contributed by atoms with Crippen molar-refractivity contribution in [2.24, 2.45) is 0 Å². The maximum absolute atomic E-state index is 11.7. The van der Waals surface area contributed by atoms with E-state index in [1.54, 1.807) is 4.90 Å². The zero-order valence-electron chi connectivity index (χ0n) is 12.4. The third kappa shape index (κ3) is 2.70. The topological polar surface area (TPSA) is 20.3 Å². The number of thioether (sulfide) groups is 1. The van der Waals surface area contributed by atoms with Gasteiger partial charge in [-0.05, 0) is 22.3 Å². The second-order valence-corrected chi connectivity index (χ2v) is 6.68. The van der Waals surface area contributed by atoms with E-state index in [4.69, 9.17) is 0 Å². The number of hydrogen-bond acceptors (Lipinski definition) is 2. The largest absolute Gasteiger partial charge is 0.349 e. The summed E-state index contributed by atoms with van der Waals surface area (Å²) in [5.74, 6) is 1.05. The number of benzene rings is 2. The highest BCUT2D eigenvalue weighted by Crippen LogP contribution is 2.49. The Kier molecular flexibility index (Phi) is 4.02. The third-order valence-electron chi connectivity index (χ3n) is 3.88. The molecule has 108 valence electrons. The van der Waals surface area contributed by atoms with Gasteiger partial charge in [0.25, 0.3) is 0 Å². The SMILES string of the molecule is CN(C)C(=O)CCSC1c2ccccc2-c2ccccc21. The number of amides is 1. The average molecular weight is 297 g/mol. The molecular weight excluding hydrogens is 278 g/mol. The Labute approximate surface area is 130 Å². The van der Waals surface area contributed by atoms with Gasteiger partial charge in [-0.15, -0.1) is 11.8 Å². The lowest BCUT2D eigenvalue weighted by Gasteiger charge is -2.14. The van der Waals surface area contributed by atoms with E-state index in [9.17, 15) is 4.79 Å². The molecule has 0 radical (unpaired) electrons. The Morgan fingerprint density at radius 1 is 1.00 bits per heavy atom. The summed E-state index contributed by atoms with van der Waals surface area (Å²) in [6, 6.07) is 17.2. The average Bonchev–Trinajstić information content (AvgIpc) is 2.82. The molecule has 0 saturated heterocycles. The predicted molar refractivity (Wildman–Crippen MR) is 89.5 cm³/mol. The highest BCUT2D eigenvalue weighted by Gasteiger charge is 2.28. The summed E-state index contributed by atoms with van der Waals surface area (Å²) in [5.41, 5.74) is 5.43. The van der Waals surface area contributed by atoms with E-state index < -0.39 is 0 Å². The number of hydrogen-bond donors (Lipinski definition) is 0. The van der Waals surface area contributed by atoms with Crippen LogP contribution in [0.15, 0.2) is 48.5 Å². The molecule has 2 aromatic rings. The summed E-state index contributed by atoms with van der Waals surface area (Å²) < 4.78 is 0. The van der Waals surface area contributed by atoms with Crippen molar-refractivity contribution in [2.75, 3.05) is 19.8 Å². The second kappa shape index (κ2) is 5.94. The van der Waals surface area contributed by atoms with E-state index in [1.165, 1.54) is 22.3 Å². The van der Waals surface area contributed by atoms with Gasteiger partial charge in [0.2, 0.25) is 5.91 Å². The fraction of sp³-hybridized carbons (Fsp3) is 0.278. The molecule has 1 amide bonds. The van der Waals surface area contributed by atoms with Gasteiger partial charge in [-0.2, -0.15) is 0 Å². The first-order valence-corrected chi connectivity index (χ1v) is 8.23. The van der Waals surface area contributed by atoms with Crippen molar-refractivity contribution in [3.8, 4) is 11.1 Å². The zero-order chi connectivity index (χ0) is 14.8. The van der Waals surface area contributed by atoms with Crippen LogP contribution in [0.3, 0.4) is 0 Å². The van der Waals surface area contributed by atoms with Crippen molar-refractivity contribution < 1.29 is 4.79 Å². The molecule has 0 heterocycles.